The van der Waals surface area contributed by atoms with Crippen LogP contribution in [0, 0.1) is 5.41 Å². The molecule has 3 N–H and O–H groups in total. The third kappa shape index (κ3) is 4.10. The summed E-state index contributed by atoms with van der Waals surface area (Å²) in [5.41, 5.74) is 5.77. The Labute approximate surface area is 114 Å². The summed E-state index contributed by atoms with van der Waals surface area (Å²) in [7, 11) is 0. The Morgan fingerprint density at radius 2 is 2.17 bits per heavy atom. The van der Waals surface area contributed by atoms with Gasteiger partial charge in [0.1, 0.15) is 0 Å². The molecule has 0 radical (unpaired) electrons. The molecule has 1 aromatic heterocycles. The van der Waals surface area contributed by atoms with E-state index in [1.54, 1.807) is 11.3 Å². The molecule has 18 heavy (non-hydrogen) atoms. The molecule has 1 heterocycles. The fourth-order valence-electron chi connectivity index (χ4n) is 1.72. The van der Waals surface area contributed by atoms with E-state index in [1.165, 1.54) is 4.88 Å². The molecule has 0 spiro atoms. The Bertz CT molecular complexity index is 368. The molecule has 0 aromatic carbocycles. The monoisotopic (exact) mass is 268 g/mol. The van der Waals surface area contributed by atoms with Crippen molar-refractivity contribution in [3.05, 3.63) is 22.4 Å². The summed E-state index contributed by atoms with van der Waals surface area (Å²) in [5, 5.41) is 5.11. The molecule has 0 bridgehead atoms. The van der Waals surface area contributed by atoms with Crippen LogP contribution >= 0.6 is 11.3 Å². The maximum atomic E-state index is 12.1. The Morgan fingerprint density at radius 3 is 2.61 bits per heavy atom. The lowest BCUT2D eigenvalue weighted by Gasteiger charge is -2.28. The van der Waals surface area contributed by atoms with E-state index in [9.17, 15) is 4.79 Å². The van der Waals surface area contributed by atoms with Gasteiger partial charge >= 0.3 is 0 Å². The van der Waals surface area contributed by atoms with Crippen LogP contribution in [0.3, 0.4) is 0 Å². The minimum absolute atomic E-state index is 0.0608. The molecular formula is C14H24N2OS. The molecule has 0 aliphatic rings. The molecule has 1 amide bonds. The Balaban J connectivity index is 2.70. The maximum Gasteiger partial charge on any atom is 0.237 e. The topological polar surface area (TPSA) is 55.1 Å². The second kappa shape index (κ2) is 6.34. The van der Waals surface area contributed by atoms with E-state index in [0.717, 1.165) is 12.8 Å². The van der Waals surface area contributed by atoms with Crippen LogP contribution < -0.4 is 11.1 Å². The van der Waals surface area contributed by atoms with Gasteiger partial charge in [0.2, 0.25) is 5.91 Å². The normalized spacial score (nSPS) is 15.2. The Kier molecular flexibility index (Phi) is 5.35. The summed E-state index contributed by atoms with van der Waals surface area (Å²) in [5.74, 6) is -0.0608. The number of thiophene rings is 1. The van der Waals surface area contributed by atoms with E-state index in [-0.39, 0.29) is 17.4 Å². The van der Waals surface area contributed by atoms with Gasteiger partial charge in [0.15, 0.2) is 0 Å². The van der Waals surface area contributed by atoms with E-state index < -0.39 is 6.04 Å². The van der Waals surface area contributed by atoms with Crippen molar-refractivity contribution < 1.29 is 4.79 Å². The van der Waals surface area contributed by atoms with Gasteiger partial charge in [-0.25, -0.2) is 0 Å². The maximum absolute atomic E-state index is 12.1. The van der Waals surface area contributed by atoms with Gasteiger partial charge < -0.3 is 11.1 Å². The Morgan fingerprint density at radius 1 is 1.50 bits per heavy atom. The summed E-state index contributed by atoms with van der Waals surface area (Å²) >= 11 is 1.68. The fourth-order valence-corrected chi connectivity index (χ4v) is 2.53. The zero-order valence-corrected chi connectivity index (χ0v) is 12.5. The smallest absolute Gasteiger partial charge is 0.237 e. The number of nitrogens with one attached hydrogen (secondary N) is 1. The number of carbonyl (C=O) groups excluding carboxylic acids is 1. The lowest BCUT2D eigenvalue weighted by molar-refractivity contribution is -0.125. The predicted molar refractivity (Wildman–Crippen MR) is 77.5 cm³/mol. The first-order valence-electron chi connectivity index (χ1n) is 6.45. The summed E-state index contributed by atoms with van der Waals surface area (Å²) in [6.45, 7) is 8.07. The molecule has 1 rings (SSSR count). The summed E-state index contributed by atoms with van der Waals surface area (Å²) in [6.07, 6.45) is 1.98. The zero-order chi connectivity index (χ0) is 13.8. The van der Waals surface area contributed by atoms with Gasteiger partial charge in [0, 0.05) is 4.88 Å². The van der Waals surface area contributed by atoms with Crippen LogP contribution in [0.1, 0.15) is 51.5 Å². The third-order valence-corrected chi connectivity index (χ3v) is 3.98. The minimum Gasteiger partial charge on any atom is -0.347 e. The number of hydrogen-bond acceptors (Lipinski definition) is 3. The van der Waals surface area contributed by atoms with Gasteiger partial charge in [-0.15, -0.1) is 11.3 Å². The molecule has 2 atom stereocenters. The Hall–Kier alpha value is -0.870. The fraction of sp³-hybridized carbons (Fsp3) is 0.643. The first-order valence-corrected chi connectivity index (χ1v) is 7.33. The first kappa shape index (κ1) is 15.2. The van der Waals surface area contributed by atoms with Crippen LogP contribution in [0.15, 0.2) is 17.5 Å². The number of rotatable bonds is 5. The van der Waals surface area contributed by atoms with Crippen LogP contribution in [0.25, 0.3) is 0 Å². The molecular weight excluding hydrogens is 244 g/mol. The predicted octanol–water partition coefficient (Wildman–Crippen LogP) is 3.08. The van der Waals surface area contributed by atoms with Gasteiger partial charge in [0.25, 0.3) is 0 Å². The summed E-state index contributed by atoms with van der Waals surface area (Å²) < 4.78 is 0. The second-order valence-electron chi connectivity index (χ2n) is 5.71. The average molecular weight is 268 g/mol. The summed E-state index contributed by atoms with van der Waals surface area (Å²) in [6, 6.07) is 3.69. The average Bonchev–Trinajstić information content (AvgIpc) is 2.79. The molecule has 0 aliphatic carbocycles. The van der Waals surface area contributed by atoms with Crippen LogP contribution in [0.4, 0.5) is 0 Å². The van der Waals surface area contributed by atoms with E-state index in [1.807, 2.05) is 32.2 Å². The lowest BCUT2D eigenvalue weighted by Crippen LogP contribution is -2.49. The van der Waals surface area contributed by atoms with Crippen molar-refractivity contribution in [2.45, 2.75) is 52.6 Å². The van der Waals surface area contributed by atoms with Crippen molar-refractivity contribution in [1.82, 2.24) is 5.32 Å². The highest BCUT2D eigenvalue weighted by Gasteiger charge is 2.29. The van der Waals surface area contributed by atoms with Gasteiger partial charge in [0.05, 0.1) is 12.1 Å². The summed E-state index contributed by atoms with van der Waals surface area (Å²) in [4.78, 5) is 13.3. The van der Waals surface area contributed by atoms with Crippen LogP contribution in [-0.2, 0) is 4.79 Å². The quantitative estimate of drug-likeness (QED) is 0.862. The van der Waals surface area contributed by atoms with Crippen molar-refractivity contribution in [3.8, 4) is 0 Å². The largest absolute Gasteiger partial charge is 0.347 e. The molecule has 1 unspecified atom stereocenters. The van der Waals surface area contributed by atoms with Crippen molar-refractivity contribution in [3.63, 3.8) is 0 Å². The van der Waals surface area contributed by atoms with Crippen molar-refractivity contribution >= 4 is 17.2 Å². The van der Waals surface area contributed by atoms with Gasteiger partial charge in [-0.05, 0) is 23.3 Å². The van der Waals surface area contributed by atoms with Gasteiger partial charge in [-0.1, -0.05) is 40.2 Å². The van der Waals surface area contributed by atoms with Crippen LogP contribution in [-0.4, -0.2) is 11.9 Å². The number of nitrogens with two attached hydrogens (primary N) is 1. The lowest BCUT2D eigenvalue weighted by atomic mass is 9.86. The number of amides is 1. The zero-order valence-electron chi connectivity index (χ0n) is 11.7. The van der Waals surface area contributed by atoms with E-state index in [0.29, 0.717) is 0 Å². The van der Waals surface area contributed by atoms with Crippen molar-refractivity contribution in [1.29, 1.82) is 0 Å². The highest BCUT2D eigenvalue weighted by molar-refractivity contribution is 7.10. The molecule has 102 valence electrons. The standard InChI is InChI=1S/C14H24N2OS/c1-5-7-10(11-8-6-9-18-11)16-13(17)12(15)14(2,3)4/h6,8-10,12H,5,7,15H2,1-4H3,(H,16,17)/t10?,12-/m1/s1. The van der Waals surface area contributed by atoms with E-state index >= 15 is 0 Å². The molecule has 0 aliphatic heterocycles. The molecule has 4 heteroatoms. The molecule has 0 fully saturated rings. The van der Waals surface area contributed by atoms with Gasteiger partial charge in [-0.2, -0.15) is 0 Å². The molecule has 1 aromatic rings. The van der Waals surface area contributed by atoms with E-state index in [4.69, 9.17) is 5.73 Å². The van der Waals surface area contributed by atoms with Crippen molar-refractivity contribution in [2.75, 3.05) is 0 Å². The highest BCUT2D eigenvalue weighted by atomic mass is 32.1. The number of hydrogen-bond donors (Lipinski definition) is 2. The van der Waals surface area contributed by atoms with E-state index in [2.05, 4.69) is 18.3 Å². The van der Waals surface area contributed by atoms with Crippen molar-refractivity contribution in [2.24, 2.45) is 11.1 Å². The molecule has 3 nitrogen and oxygen atoms in total. The van der Waals surface area contributed by atoms with Crippen LogP contribution in [0.2, 0.25) is 0 Å². The van der Waals surface area contributed by atoms with Crippen LogP contribution in [0.5, 0.6) is 0 Å². The molecule has 0 saturated carbocycles. The number of carbonyl (C=O) groups is 1. The molecule has 0 saturated heterocycles. The second-order valence-corrected chi connectivity index (χ2v) is 6.69. The SMILES string of the molecule is CCCC(NC(=O)[C@@H](N)C(C)(C)C)c1cccs1. The third-order valence-electron chi connectivity index (χ3n) is 3.00. The minimum atomic E-state index is -0.475. The first-order chi connectivity index (χ1) is 8.36. The van der Waals surface area contributed by atoms with Gasteiger partial charge in [-0.3, -0.25) is 4.79 Å². The highest BCUT2D eigenvalue weighted by Crippen LogP contribution is 2.24.